The van der Waals surface area contributed by atoms with E-state index < -0.39 is 12.0 Å². The lowest BCUT2D eigenvalue weighted by Crippen LogP contribution is -2.56. The van der Waals surface area contributed by atoms with Crippen molar-refractivity contribution in [3.05, 3.63) is 0 Å². The minimum Gasteiger partial charge on any atom is -0.480 e. The lowest BCUT2D eigenvalue weighted by atomic mass is 10.2. The van der Waals surface area contributed by atoms with Gasteiger partial charge in [0.05, 0.1) is 0 Å². The topological polar surface area (TPSA) is 60.9 Å². The molecule has 0 aromatic carbocycles. The van der Waals surface area contributed by atoms with E-state index in [4.69, 9.17) is 5.11 Å². The molecule has 0 aromatic rings. The lowest BCUT2D eigenvalue weighted by molar-refractivity contribution is -0.141. The maximum atomic E-state index is 12.3. The van der Waals surface area contributed by atoms with Crippen molar-refractivity contribution in [2.75, 3.05) is 24.6 Å². The van der Waals surface area contributed by atoms with Crippen LogP contribution in [-0.2, 0) is 4.79 Å². The van der Waals surface area contributed by atoms with Crippen LogP contribution in [0.5, 0.6) is 0 Å². The van der Waals surface area contributed by atoms with Gasteiger partial charge in [0.2, 0.25) is 0 Å². The Bertz CT molecular complexity index is 296. The number of rotatable bonds is 3. The summed E-state index contributed by atoms with van der Waals surface area (Å²) < 4.78 is 0. The van der Waals surface area contributed by atoms with Gasteiger partial charge in [0.1, 0.15) is 6.04 Å². The van der Waals surface area contributed by atoms with Gasteiger partial charge in [-0.25, -0.2) is 9.59 Å². The van der Waals surface area contributed by atoms with E-state index in [1.807, 2.05) is 20.8 Å². The second kappa shape index (κ2) is 6.14. The number of carboxylic acid groups (broad SMARTS) is 1. The molecule has 0 aromatic heterocycles. The molecule has 0 saturated carbocycles. The number of hydrogen-bond donors (Lipinski definition) is 1. The Morgan fingerprint density at radius 1 is 1.53 bits per heavy atom. The molecule has 1 saturated heterocycles. The van der Waals surface area contributed by atoms with Crippen LogP contribution >= 0.6 is 11.8 Å². The quantitative estimate of drug-likeness (QED) is 0.832. The van der Waals surface area contributed by atoms with Crippen LogP contribution in [0.4, 0.5) is 4.79 Å². The molecule has 0 bridgehead atoms. The van der Waals surface area contributed by atoms with Crippen LogP contribution in [0.2, 0.25) is 0 Å². The molecule has 5 nitrogen and oxygen atoms in total. The monoisotopic (exact) mass is 260 g/mol. The van der Waals surface area contributed by atoms with E-state index in [2.05, 4.69) is 0 Å². The van der Waals surface area contributed by atoms with Gasteiger partial charge in [0.25, 0.3) is 0 Å². The summed E-state index contributed by atoms with van der Waals surface area (Å²) in [6.07, 6.45) is 0. The van der Waals surface area contributed by atoms with E-state index in [0.717, 1.165) is 5.75 Å². The Morgan fingerprint density at radius 3 is 2.65 bits per heavy atom. The van der Waals surface area contributed by atoms with Crippen LogP contribution in [0.15, 0.2) is 0 Å². The molecule has 1 aliphatic rings. The predicted molar refractivity (Wildman–Crippen MR) is 68.4 cm³/mol. The fourth-order valence-corrected chi connectivity index (χ4v) is 2.96. The lowest BCUT2D eigenvalue weighted by Gasteiger charge is -2.37. The molecular formula is C11H20N2O3S. The first-order valence-electron chi connectivity index (χ1n) is 5.86. The van der Waals surface area contributed by atoms with Gasteiger partial charge in [-0.2, -0.15) is 11.8 Å². The third kappa shape index (κ3) is 3.28. The molecule has 0 radical (unpaired) electrons. The van der Waals surface area contributed by atoms with E-state index in [1.54, 1.807) is 16.7 Å². The number of aliphatic carboxylic acids is 1. The largest absolute Gasteiger partial charge is 0.480 e. The van der Waals surface area contributed by atoms with Crippen molar-refractivity contribution in [3.63, 3.8) is 0 Å². The van der Waals surface area contributed by atoms with Gasteiger partial charge in [-0.1, -0.05) is 0 Å². The second-order valence-electron chi connectivity index (χ2n) is 4.28. The SMILES string of the molecule is CCN(C(=O)N1CCSCC1C(=O)O)C(C)C. The van der Waals surface area contributed by atoms with Crippen molar-refractivity contribution in [2.24, 2.45) is 0 Å². The zero-order chi connectivity index (χ0) is 13.0. The van der Waals surface area contributed by atoms with E-state index in [9.17, 15) is 9.59 Å². The maximum absolute atomic E-state index is 12.3. The van der Waals surface area contributed by atoms with Crippen LogP contribution in [0.1, 0.15) is 20.8 Å². The summed E-state index contributed by atoms with van der Waals surface area (Å²) in [5, 5.41) is 9.12. The zero-order valence-corrected chi connectivity index (χ0v) is 11.4. The molecule has 1 fully saturated rings. The number of amides is 2. The summed E-state index contributed by atoms with van der Waals surface area (Å²) in [5.41, 5.74) is 0. The molecule has 0 aliphatic carbocycles. The first-order chi connectivity index (χ1) is 7.99. The van der Waals surface area contributed by atoms with Gasteiger partial charge < -0.3 is 14.9 Å². The fourth-order valence-electron chi connectivity index (χ4n) is 1.92. The number of carboxylic acids is 1. The summed E-state index contributed by atoms with van der Waals surface area (Å²) in [7, 11) is 0. The van der Waals surface area contributed by atoms with Crippen molar-refractivity contribution in [3.8, 4) is 0 Å². The van der Waals surface area contributed by atoms with Gasteiger partial charge in [0.15, 0.2) is 0 Å². The number of carbonyl (C=O) groups is 2. The Kier molecular flexibility index (Phi) is 5.11. The van der Waals surface area contributed by atoms with Crippen molar-refractivity contribution in [1.82, 2.24) is 9.80 Å². The highest BCUT2D eigenvalue weighted by Gasteiger charge is 2.34. The smallest absolute Gasteiger partial charge is 0.327 e. The van der Waals surface area contributed by atoms with Gasteiger partial charge in [0, 0.05) is 30.6 Å². The van der Waals surface area contributed by atoms with Crippen LogP contribution in [0, 0.1) is 0 Å². The Balaban J connectivity index is 2.80. The van der Waals surface area contributed by atoms with Crippen molar-refractivity contribution in [2.45, 2.75) is 32.9 Å². The zero-order valence-electron chi connectivity index (χ0n) is 10.5. The molecule has 1 aliphatic heterocycles. The summed E-state index contributed by atoms with van der Waals surface area (Å²) in [5.74, 6) is 0.382. The van der Waals surface area contributed by atoms with E-state index in [-0.39, 0.29) is 12.1 Å². The highest BCUT2D eigenvalue weighted by atomic mass is 32.2. The van der Waals surface area contributed by atoms with Gasteiger partial charge in [-0.15, -0.1) is 0 Å². The van der Waals surface area contributed by atoms with Gasteiger partial charge >= 0.3 is 12.0 Å². The second-order valence-corrected chi connectivity index (χ2v) is 5.43. The maximum Gasteiger partial charge on any atom is 0.327 e. The molecular weight excluding hydrogens is 240 g/mol. The highest BCUT2D eigenvalue weighted by Crippen LogP contribution is 2.19. The van der Waals surface area contributed by atoms with Gasteiger partial charge in [-0.3, -0.25) is 0 Å². The van der Waals surface area contributed by atoms with E-state index in [0.29, 0.717) is 18.8 Å². The third-order valence-electron chi connectivity index (χ3n) is 2.87. The number of thioether (sulfide) groups is 1. The molecule has 0 spiro atoms. The Morgan fingerprint density at radius 2 is 2.18 bits per heavy atom. The molecule has 1 N–H and O–H groups in total. The molecule has 98 valence electrons. The summed E-state index contributed by atoms with van der Waals surface area (Å²) in [6, 6.07) is -0.749. The van der Waals surface area contributed by atoms with Crippen LogP contribution in [0.25, 0.3) is 0 Å². The summed E-state index contributed by atoms with van der Waals surface area (Å²) >= 11 is 1.59. The summed E-state index contributed by atoms with van der Waals surface area (Å²) in [4.78, 5) is 26.6. The molecule has 1 atom stereocenters. The molecule has 1 rings (SSSR count). The molecule has 1 heterocycles. The minimum absolute atomic E-state index is 0.0940. The normalized spacial score (nSPS) is 20.5. The Hall–Kier alpha value is -0.910. The highest BCUT2D eigenvalue weighted by molar-refractivity contribution is 7.99. The first kappa shape index (κ1) is 14.2. The molecule has 2 amide bonds. The molecule has 17 heavy (non-hydrogen) atoms. The number of nitrogens with zero attached hydrogens (tertiary/aromatic N) is 2. The average molecular weight is 260 g/mol. The van der Waals surface area contributed by atoms with Crippen LogP contribution in [-0.4, -0.2) is 63.6 Å². The number of hydrogen-bond acceptors (Lipinski definition) is 3. The minimum atomic E-state index is -0.912. The fraction of sp³-hybridized carbons (Fsp3) is 0.818. The molecule has 6 heteroatoms. The van der Waals surface area contributed by atoms with Crippen molar-refractivity contribution >= 4 is 23.8 Å². The molecule has 1 unspecified atom stereocenters. The summed E-state index contributed by atoms with van der Waals surface area (Å²) in [6.45, 7) is 6.91. The average Bonchev–Trinajstić information content (AvgIpc) is 2.29. The van der Waals surface area contributed by atoms with Crippen molar-refractivity contribution in [1.29, 1.82) is 0 Å². The number of carbonyl (C=O) groups excluding carboxylic acids is 1. The van der Waals surface area contributed by atoms with E-state index in [1.165, 1.54) is 4.90 Å². The standard InChI is InChI=1S/C11H20N2O3S/c1-4-12(8(2)3)11(16)13-5-6-17-7-9(13)10(14)15/h8-9H,4-7H2,1-3H3,(H,14,15). The first-order valence-corrected chi connectivity index (χ1v) is 7.02. The van der Waals surface area contributed by atoms with Crippen LogP contribution < -0.4 is 0 Å². The van der Waals surface area contributed by atoms with Gasteiger partial charge in [-0.05, 0) is 20.8 Å². The predicted octanol–water partition coefficient (Wildman–Crippen LogP) is 1.34. The Labute approximate surface area is 106 Å². The number of urea groups is 1. The van der Waals surface area contributed by atoms with Crippen molar-refractivity contribution < 1.29 is 14.7 Å². The third-order valence-corrected chi connectivity index (χ3v) is 3.89. The van der Waals surface area contributed by atoms with E-state index >= 15 is 0 Å². The van der Waals surface area contributed by atoms with Crippen LogP contribution in [0.3, 0.4) is 0 Å².